The third kappa shape index (κ3) is 3.67. The molecule has 6 nitrogen and oxygen atoms in total. The second-order valence-corrected chi connectivity index (χ2v) is 6.87. The second kappa shape index (κ2) is 6.50. The van der Waals surface area contributed by atoms with Crippen molar-refractivity contribution in [3.8, 4) is 0 Å². The lowest BCUT2D eigenvalue weighted by Gasteiger charge is -2.38. The molecule has 0 bridgehead atoms. The average Bonchev–Trinajstić information content (AvgIpc) is 2.39. The number of esters is 1. The lowest BCUT2D eigenvalue weighted by atomic mass is 9.74. The van der Waals surface area contributed by atoms with Crippen LogP contribution < -0.4 is 0 Å². The molecule has 1 saturated heterocycles. The van der Waals surface area contributed by atoms with Crippen molar-refractivity contribution in [3.05, 3.63) is 12.7 Å². The van der Waals surface area contributed by atoms with E-state index >= 15 is 0 Å². The Hall–Kier alpha value is -1.85. The van der Waals surface area contributed by atoms with E-state index in [2.05, 4.69) is 6.58 Å². The van der Waals surface area contributed by atoms with Crippen LogP contribution >= 0.6 is 0 Å². The van der Waals surface area contributed by atoms with Crippen LogP contribution in [0.3, 0.4) is 0 Å². The average molecular weight is 311 g/mol. The molecule has 1 amide bonds. The molecule has 0 aliphatic carbocycles. The smallest absolute Gasteiger partial charge is 0.407 e. The number of piperidine rings is 1. The van der Waals surface area contributed by atoms with Crippen LogP contribution in [0.5, 0.6) is 0 Å². The first-order valence-electron chi connectivity index (χ1n) is 7.38. The van der Waals surface area contributed by atoms with Crippen LogP contribution in [-0.2, 0) is 14.3 Å². The summed E-state index contributed by atoms with van der Waals surface area (Å²) in [6.45, 7) is 11.1. The fraction of sp³-hybridized carbons (Fsp3) is 0.688. The van der Waals surface area contributed by atoms with E-state index < -0.39 is 23.3 Å². The fourth-order valence-electron chi connectivity index (χ4n) is 2.24. The molecule has 1 aliphatic rings. The van der Waals surface area contributed by atoms with E-state index in [4.69, 9.17) is 9.84 Å². The maximum absolute atomic E-state index is 12.6. The second-order valence-electron chi connectivity index (χ2n) is 6.87. The highest BCUT2D eigenvalue weighted by atomic mass is 16.5. The third-order valence-electron chi connectivity index (χ3n) is 4.33. The molecule has 0 aromatic rings. The van der Waals surface area contributed by atoms with Crippen molar-refractivity contribution in [1.82, 2.24) is 4.90 Å². The maximum Gasteiger partial charge on any atom is 0.407 e. The standard InChI is InChI=1S/C16H25NO5/c1-6-7-16(13(19)22-11(2)15(3,4)5)8-9-17(14(20)21)10-12(16)18/h6,11H,1,7-10H2,2-5H3,(H,20,21)/t11-,16?/m1/s1. The predicted molar refractivity (Wildman–Crippen MR) is 81.5 cm³/mol. The highest BCUT2D eigenvalue weighted by Gasteiger charge is 2.50. The zero-order valence-electron chi connectivity index (χ0n) is 13.7. The summed E-state index contributed by atoms with van der Waals surface area (Å²) in [4.78, 5) is 37.0. The van der Waals surface area contributed by atoms with Gasteiger partial charge in [0.2, 0.25) is 0 Å². The molecule has 1 unspecified atom stereocenters. The molecule has 124 valence electrons. The summed E-state index contributed by atoms with van der Waals surface area (Å²) >= 11 is 0. The molecule has 6 heteroatoms. The highest BCUT2D eigenvalue weighted by Crippen LogP contribution is 2.36. The number of Topliss-reactive ketones (excluding diaryl/α,β-unsaturated/α-hetero) is 1. The molecule has 1 fully saturated rings. The minimum Gasteiger partial charge on any atom is -0.465 e. The Morgan fingerprint density at radius 3 is 2.50 bits per heavy atom. The van der Waals surface area contributed by atoms with Gasteiger partial charge < -0.3 is 14.7 Å². The van der Waals surface area contributed by atoms with E-state index in [0.29, 0.717) is 0 Å². The number of carbonyl (C=O) groups is 3. The number of ether oxygens (including phenoxy) is 1. The van der Waals surface area contributed by atoms with Gasteiger partial charge in [-0.3, -0.25) is 9.59 Å². The van der Waals surface area contributed by atoms with Gasteiger partial charge in [-0.2, -0.15) is 0 Å². The van der Waals surface area contributed by atoms with Crippen molar-refractivity contribution in [3.63, 3.8) is 0 Å². The molecular formula is C16H25NO5. The molecule has 1 rings (SSSR count). The molecule has 0 saturated carbocycles. The van der Waals surface area contributed by atoms with Crippen LogP contribution in [-0.4, -0.2) is 47.0 Å². The Labute approximate surface area is 131 Å². The van der Waals surface area contributed by atoms with Gasteiger partial charge in [0.05, 0.1) is 6.54 Å². The monoisotopic (exact) mass is 311 g/mol. The Balaban J connectivity index is 2.97. The summed E-state index contributed by atoms with van der Waals surface area (Å²) in [6.07, 6.45) is 0.288. The van der Waals surface area contributed by atoms with Crippen molar-refractivity contribution >= 4 is 17.8 Å². The van der Waals surface area contributed by atoms with Gasteiger partial charge in [0.25, 0.3) is 0 Å². The molecule has 0 aromatic heterocycles. The van der Waals surface area contributed by atoms with Crippen molar-refractivity contribution in [2.45, 2.75) is 46.6 Å². The number of allylic oxidation sites excluding steroid dienone is 1. The van der Waals surface area contributed by atoms with E-state index in [1.165, 1.54) is 6.08 Å². The summed E-state index contributed by atoms with van der Waals surface area (Å²) in [5, 5.41) is 8.98. The normalized spacial score (nSPS) is 23.8. The molecule has 0 radical (unpaired) electrons. The molecule has 0 aromatic carbocycles. The lowest BCUT2D eigenvalue weighted by Crippen LogP contribution is -2.54. The van der Waals surface area contributed by atoms with Gasteiger partial charge in [-0.05, 0) is 25.2 Å². The largest absolute Gasteiger partial charge is 0.465 e. The van der Waals surface area contributed by atoms with Crippen LogP contribution in [0, 0.1) is 10.8 Å². The van der Waals surface area contributed by atoms with Crippen LogP contribution in [0.4, 0.5) is 4.79 Å². The zero-order valence-corrected chi connectivity index (χ0v) is 13.7. The SMILES string of the molecule is C=CCC1(C(=O)O[C@H](C)C(C)(C)C)CCN(C(=O)O)CC1=O. The number of amides is 1. The number of ketones is 1. The van der Waals surface area contributed by atoms with Crippen molar-refractivity contribution in [2.24, 2.45) is 10.8 Å². The highest BCUT2D eigenvalue weighted by molar-refractivity contribution is 6.06. The number of likely N-dealkylation sites (tertiary alicyclic amines) is 1. The first-order valence-corrected chi connectivity index (χ1v) is 7.38. The third-order valence-corrected chi connectivity index (χ3v) is 4.33. The quantitative estimate of drug-likeness (QED) is 0.490. The van der Waals surface area contributed by atoms with Gasteiger partial charge in [0.1, 0.15) is 11.5 Å². The first-order chi connectivity index (χ1) is 10.0. The van der Waals surface area contributed by atoms with Crippen LogP contribution in [0.1, 0.15) is 40.5 Å². The Morgan fingerprint density at radius 2 is 2.09 bits per heavy atom. The molecular weight excluding hydrogens is 286 g/mol. The van der Waals surface area contributed by atoms with E-state index in [1.54, 1.807) is 6.92 Å². The fourth-order valence-corrected chi connectivity index (χ4v) is 2.24. The maximum atomic E-state index is 12.6. The zero-order chi connectivity index (χ0) is 17.1. The summed E-state index contributed by atoms with van der Waals surface area (Å²) in [5.41, 5.74) is -1.55. The first kappa shape index (κ1) is 18.2. The van der Waals surface area contributed by atoms with Crippen LogP contribution in [0.2, 0.25) is 0 Å². The molecule has 1 N–H and O–H groups in total. The number of nitrogens with zero attached hydrogens (tertiary/aromatic N) is 1. The summed E-state index contributed by atoms with van der Waals surface area (Å²) in [5.74, 6) is -1.00. The van der Waals surface area contributed by atoms with Crippen LogP contribution in [0.25, 0.3) is 0 Å². The summed E-state index contributed by atoms with van der Waals surface area (Å²) in [6, 6.07) is 0. The van der Waals surface area contributed by atoms with Gasteiger partial charge in [-0.15, -0.1) is 6.58 Å². The Morgan fingerprint density at radius 1 is 1.50 bits per heavy atom. The number of hydrogen-bond donors (Lipinski definition) is 1. The molecule has 0 spiro atoms. The van der Waals surface area contributed by atoms with E-state index in [-0.39, 0.29) is 37.5 Å². The molecule has 1 heterocycles. The van der Waals surface area contributed by atoms with Gasteiger partial charge in [0, 0.05) is 6.54 Å². The predicted octanol–water partition coefficient (Wildman–Crippen LogP) is 2.48. The van der Waals surface area contributed by atoms with Gasteiger partial charge in [-0.25, -0.2) is 4.79 Å². The van der Waals surface area contributed by atoms with Crippen molar-refractivity contribution in [1.29, 1.82) is 0 Å². The van der Waals surface area contributed by atoms with Crippen molar-refractivity contribution in [2.75, 3.05) is 13.1 Å². The number of hydrogen-bond acceptors (Lipinski definition) is 4. The topological polar surface area (TPSA) is 83.9 Å². The van der Waals surface area contributed by atoms with Gasteiger partial charge >= 0.3 is 12.1 Å². The summed E-state index contributed by atoms with van der Waals surface area (Å²) in [7, 11) is 0. The van der Waals surface area contributed by atoms with E-state index in [1.807, 2.05) is 20.8 Å². The van der Waals surface area contributed by atoms with Gasteiger partial charge in [-0.1, -0.05) is 26.8 Å². The Kier molecular flexibility index (Phi) is 5.38. The number of carboxylic acid groups (broad SMARTS) is 1. The lowest BCUT2D eigenvalue weighted by molar-refractivity contribution is -0.171. The van der Waals surface area contributed by atoms with E-state index in [0.717, 1.165) is 4.90 Å². The molecule has 2 atom stereocenters. The van der Waals surface area contributed by atoms with E-state index in [9.17, 15) is 14.4 Å². The van der Waals surface area contributed by atoms with Gasteiger partial charge in [0.15, 0.2) is 5.78 Å². The van der Waals surface area contributed by atoms with Crippen molar-refractivity contribution < 1.29 is 24.2 Å². The minimum atomic E-state index is -1.31. The minimum absolute atomic E-state index is 0.125. The number of carbonyl (C=O) groups excluding carboxylic acids is 2. The van der Waals surface area contributed by atoms with Crippen LogP contribution in [0.15, 0.2) is 12.7 Å². The molecule has 22 heavy (non-hydrogen) atoms. The Bertz CT molecular complexity index is 479. The summed E-state index contributed by atoms with van der Waals surface area (Å²) < 4.78 is 5.50. The molecule has 1 aliphatic heterocycles. The number of rotatable bonds is 4.